The second-order valence-electron chi connectivity index (χ2n) is 6.40. The minimum absolute atomic E-state index is 0. The maximum absolute atomic E-state index is 10.6. The number of rotatable bonds is 2. The number of oxime groups is 1. The summed E-state index contributed by atoms with van der Waals surface area (Å²) in [7, 11) is -4.88. The van der Waals surface area contributed by atoms with Crippen molar-refractivity contribution in [3.05, 3.63) is 28.5 Å². The van der Waals surface area contributed by atoms with Gasteiger partial charge in [-0.3, -0.25) is 4.28 Å². The predicted octanol–water partition coefficient (Wildman–Crippen LogP) is -0.424. The summed E-state index contributed by atoms with van der Waals surface area (Å²) in [5.74, 6) is 0.887. The molecule has 0 spiro atoms. The van der Waals surface area contributed by atoms with Gasteiger partial charge in [-0.05, 0) is 12.1 Å². The minimum Gasteiger partial charge on any atom is -0.714 e. The topological polar surface area (TPSA) is 96.6 Å². The van der Waals surface area contributed by atoms with Crippen molar-refractivity contribution < 1.29 is 68.6 Å². The molecule has 0 saturated carbocycles. The van der Waals surface area contributed by atoms with E-state index in [2.05, 4.69) is 39.8 Å². The van der Waals surface area contributed by atoms with Gasteiger partial charge in [-0.15, -0.1) is 0 Å². The summed E-state index contributed by atoms with van der Waals surface area (Å²) in [6, 6.07) is 3.41. The second-order valence-corrected chi connectivity index (χ2v) is 7.77. The van der Waals surface area contributed by atoms with Gasteiger partial charge in [0.1, 0.15) is 11.3 Å². The number of aryl methyl sites for hydroxylation is 1. The Labute approximate surface area is 187 Å². The number of aromatic nitrogens is 2. The summed E-state index contributed by atoms with van der Waals surface area (Å²) in [5, 5.41) is 4.02. The molecule has 124 valence electrons. The normalized spacial score (nSPS) is 16.3. The summed E-state index contributed by atoms with van der Waals surface area (Å²) >= 11 is 6.25. The Morgan fingerprint density at radius 2 is 2.04 bits per heavy atom. The molecule has 10 heteroatoms. The Morgan fingerprint density at radius 1 is 1.38 bits per heavy atom. The monoisotopic (exact) mass is 395 g/mol. The molecule has 0 bridgehead atoms. The molecule has 0 radical (unpaired) electrons. The molecule has 1 aromatic carbocycles. The van der Waals surface area contributed by atoms with Crippen molar-refractivity contribution in [2.75, 3.05) is 0 Å². The molecule has 1 aromatic heterocycles. The van der Waals surface area contributed by atoms with E-state index in [1.165, 1.54) is 0 Å². The molecule has 3 rings (SSSR count). The van der Waals surface area contributed by atoms with Gasteiger partial charge in [0.25, 0.3) is 10.4 Å². The molecule has 1 aliphatic rings. The van der Waals surface area contributed by atoms with Gasteiger partial charge in [-0.25, -0.2) is 4.98 Å². The van der Waals surface area contributed by atoms with Crippen molar-refractivity contribution in [2.45, 2.75) is 39.2 Å². The van der Waals surface area contributed by atoms with Gasteiger partial charge in [-0.2, -0.15) is 8.42 Å². The van der Waals surface area contributed by atoms with Gasteiger partial charge in [0, 0.05) is 23.9 Å². The molecule has 0 aliphatic carbocycles. The van der Waals surface area contributed by atoms with E-state index in [4.69, 9.17) is 11.6 Å². The van der Waals surface area contributed by atoms with E-state index in [0.29, 0.717) is 34.8 Å². The number of nitrogens with zero attached hydrogens (tertiary/aromatic N) is 3. The minimum atomic E-state index is -4.88. The first-order valence-corrected chi connectivity index (χ1v) is 8.70. The van der Waals surface area contributed by atoms with Crippen LogP contribution in [0.1, 0.15) is 38.6 Å². The van der Waals surface area contributed by atoms with Crippen molar-refractivity contribution in [1.29, 1.82) is 0 Å². The van der Waals surface area contributed by atoms with Crippen molar-refractivity contribution >= 4 is 38.7 Å². The number of imidazole rings is 1. The molecule has 7 nitrogen and oxygen atoms in total. The van der Waals surface area contributed by atoms with Crippen LogP contribution in [-0.2, 0) is 26.6 Å². The summed E-state index contributed by atoms with van der Waals surface area (Å²) in [6.45, 7) is 6.73. The fourth-order valence-electron chi connectivity index (χ4n) is 2.77. The van der Waals surface area contributed by atoms with Crippen LogP contribution < -0.4 is 51.4 Å². The molecule has 0 N–H and O–H groups in total. The van der Waals surface area contributed by atoms with Gasteiger partial charge in [-0.1, -0.05) is 37.5 Å². The fourth-order valence-corrected chi connectivity index (χ4v) is 3.14. The van der Waals surface area contributed by atoms with Crippen LogP contribution in [0, 0.1) is 0 Å². The molecule has 24 heavy (non-hydrogen) atoms. The van der Waals surface area contributed by atoms with E-state index in [0.717, 1.165) is 11.3 Å². The first kappa shape index (κ1) is 20.3. The van der Waals surface area contributed by atoms with E-state index in [9.17, 15) is 13.0 Å². The van der Waals surface area contributed by atoms with Gasteiger partial charge in [0.05, 0.1) is 16.3 Å². The maximum atomic E-state index is 10.6. The predicted molar refractivity (Wildman–Crippen MR) is 85.4 cm³/mol. The van der Waals surface area contributed by atoms with E-state index in [-0.39, 0.29) is 56.8 Å². The van der Waals surface area contributed by atoms with Crippen LogP contribution in [0.2, 0.25) is 5.02 Å². The molecular formula is C14H15ClKN3O4S. The molecule has 0 unspecified atom stereocenters. The Kier molecular flexibility index (Phi) is 5.89. The second kappa shape index (κ2) is 6.96. The molecular weight excluding hydrogens is 381 g/mol. The first-order valence-electron chi connectivity index (χ1n) is 6.99. The Hall–Kier alpha value is -0.00364. The third-order valence-electron chi connectivity index (χ3n) is 3.64. The Balaban J connectivity index is 0.00000208. The van der Waals surface area contributed by atoms with Gasteiger partial charge >= 0.3 is 51.4 Å². The number of hydrogen-bond acceptors (Lipinski definition) is 6. The third kappa shape index (κ3) is 3.88. The Bertz CT molecular complexity index is 932. The van der Waals surface area contributed by atoms with Crippen LogP contribution in [0.4, 0.5) is 0 Å². The summed E-state index contributed by atoms with van der Waals surface area (Å²) in [4.78, 5) is 4.65. The van der Waals surface area contributed by atoms with E-state index < -0.39 is 10.4 Å². The zero-order valence-corrected chi connectivity index (χ0v) is 18.5. The average molecular weight is 396 g/mol. The van der Waals surface area contributed by atoms with Crippen molar-refractivity contribution in [2.24, 2.45) is 5.16 Å². The molecule has 0 fully saturated rings. The number of benzene rings is 1. The van der Waals surface area contributed by atoms with E-state index >= 15 is 0 Å². The number of halogens is 1. The van der Waals surface area contributed by atoms with Gasteiger partial charge < -0.3 is 9.12 Å². The third-order valence-corrected chi connectivity index (χ3v) is 4.20. The van der Waals surface area contributed by atoms with Crippen molar-refractivity contribution in [3.63, 3.8) is 0 Å². The number of hydrogen-bond donors (Lipinski definition) is 0. The summed E-state index contributed by atoms with van der Waals surface area (Å²) in [5.41, 5.74) is 2.29. The summed E-state index contributed by atoms with van der Waals surface area (Å²) < 4.78 is 38.0. The molecule has 0 atom stereocenters. The smallest absolute Gasteiger partial charge is 0.714 e. The molecule has 0 amide bonds. The van der Waals surface area contributed by atoms with Gasteiger partial charge in [0.2, 0.25) is 0 Å². The molecule has 0 saturated heterocycles. The quantitative estimate of drug-likeness (QED) is 0.297. The Morgan fingerprint density at radius 3 is 2.62 bits per heavy atom. The first-order chi connectivity index (χ1) is 10.6. The van der Waals surface area contributed by atoms with Crippen LogP contribution >= 0.6 is 11.6 Å². The van der Waals surface area contributed by atoms with Crippen molar-refractivity contribution in [1.82, 2.24) is 9.55 Å². The molecule has 2 aromatic rings. The standard InChI is InChI=1S/C14H16ClN3O4S.K/c1-14(2,3)13-16-11-9(15)5-4-8-10(17-22-23(19,20)21)6-7-18(13)12(8)11;/h4-5H,6-7H2,1-3H3,(H,19,20,21);/q;+1/p-1/b17-10+;. The summed E-state index contributed by atoms with van der Waals surface area (Å²) in [6.07, 6.45) is 0.429. The van der Waals surface area contributed by atoms with Crippen molar-refractivity contribution in [3.8, 4) is 0 Å². The van der Waals surface area contributed by atoms with Crippen LogP contribution in [0.15, 0.2) is 17.3 Å². The average Bonchev–Trinajstić information content (AvgIpc) is 2.81. The fraction of sp³-hybridized carbons (Fsp3) is 0.429. The van der Waals surface area contributed by atoms with Gasteiger partial charge in [0.15, 0.2) is 0 Å². The van der Waals surface area contributed by atoms with Crippen LogP contribution in [0.25, 0.3) is 11.0 Å². The van der Waals surface area contributed by atoms with E-state index in [1.54, 1.807) is 12.1 Å². The van der Waals surface area contributed by atoms with Crippen LogP contribution in [0.5, 0.6) is 0 Å². The SMILES string of the molecule is CC(C)(C)c1nc2c(Cl)ccc3c2n1CC/C3=N\OS(=O)(=O)[O-].[K+]. The molecule has 1 aliphatic heterocycles. The largest absolute Gasteiger partial charge is 1.00 e. The van der Waals surface area contributed by atoms with Crippen LogP contribution in [-0.4, -0.2) is 28.2 Å². The zero-order valence-electron chi connectivity index (χ0n) is 13.8. The molecule has 2 heterocycles. The van der Waals surface area contributed by atoms with Crippen LogP contribution in [0.3, 0.4) is 0 Å². The van der Waals surface area contributed by atoms with E-state index in [1.807, 2.05) is 0 Å². The zero-order chi connectivity index (χ0) is 17.0. The maximum Gasteiger partial charge on any atom is 1.00 e.